The van der Waals surface area contributed by atoms with Crippen molar-refractivity contribution in [1.29, 1.82) is 5.26 Å². The van der Waals surface area contributed by atoms with Crippen molar-refractivity contribution in [1.82, 2.24) is 0 Å². The lowest BCUT2D eigenvalue weighted by Crippen LogP contribution is -2.23. The SMILES string of the molecule is CCc1cccc(C2(CC#N)CCCC2)c1C. The Morgan fingerprint density at radius 3 is 2.59 bits per heavy atom. The van der Waals surface area contributed by atoms with Gasteiger partial charge in [-0.1, -0.05) is 38.0 Å². The first-order chi connectivity index (χ1) is 8.23. The number of benzene rings is 1. The van der Waals surface area contributed by atoms with Gasteiger partial charge < -0.3 is 0 Å². The molecule has 1 nitrogen and oxygen atoms in total. The summed E-state index contributed by atoms with van der Waals surface area (Å²) < 4.78 is 0. The molecule has 1 aromatic rings. The third-order valence-electron chi connectivity index (χ3n) is 4.38. The van der Waals surface area contributed by atoms with Crippen LogP contribution in [0.15, 0.2) is 18.2 Å². The molecule has 0 spiro atoms. The Kier molecular flexibility index (Phi) is 3.52. The summed E-state index contributed by atoms with van der Waals surface area (Å²) in [7, 11) is 0. The van der Waals surface area contributed by atoms with Crippen molar-refractivity contribution < 1.29 is 0 Å². The second-order valence-corrected chi connectivity index (χ2v) is 5.27. The minimum Gasteiger partial charge on any atom is -0.198 e. The molecule has 0 saturated heterocycles. The van der Waals surface area contributed by atoms with Gasteiger partial charge in [0.25, 0.3) is 0 Å². The molecule has 0 N–H and O–H groups in total. The molecule has 1 saturated carbocycles. The van der Waals surface area contributed by atoms with Crippen LogP contribution in [-0.2, 0) is 11.8 Å². The second-order valence-electron chi connectivity index (χ2n) is 5.27. The number of nitrogens with zero attached hydrogens (tertiary/aromatic N) is 1. The van der Waals surface area contributed by atoms with E-state index in [1.807, 2.05) is 0 Å². The largest absolute Gasteiger partial charge is 0.198 e. The van der Waals surface area contributed by atoms with Gasteiger partial charge in [0.2, 0.25) is 0 Å². The highest BCUT2D eigenvalue weighted by molar-refractivity contribution is 5.40. The van der Waals surface area contributed by atoms with Crippen molar-refractivity contribution in [2.45, 2.75) is 57.8 Å². The maximum absolute atomic E-state index is 9.12. The number of rotatable bonds is 3. The molecule has 2 rings (SSSR count). The number of hydrogen-bond acceptors (Lipinski definition) is 1. The van der Waals surface area contributed by atoms with Crippen LogP contribution in [0.3, 0.4) is 0 Å². The van der Waals surface area contributed by atoms with Gasteiger partial charge in [0.1, 0.15) is 0 Å². The smallest absolute Gasteiger partial charge is 0.0631 e. The summed E-state index contributed by atoms with van der Waals surface area (Å²) in [5.74, 6) is 0. The van der Waals surface area contributed by atoms with Crippen LogP contribution < -0.4 is 0 Å². The Balaban J connectivity index is 2.47. The highest BCUT2D eigenvalue weighted by atomic mass is 14.4. The maximum Gasteiger partial charge on any atom is 0.0631 e. The van der Waals surface area contributed by atoms with Crippen molar-refractivity contribution in [3.8, 4) is 6.07 Å². The zero-order valence-electron chi connectivity index (χ0n) is 10.9. The molecule has 0 bridgehead atoms. The van der Waals surface area contributed by atoms with Gasteiger partial charge in [0.15, 0.2) is 0 Å². The van der Waals surface area contributed by atoms with E-state index in [-0.39, 0.29) is 5.41 Å². The lowest BCUT2D eigenvalue weighted by atomic mass is 9.74. The maximum atomic E-state index is 9.12. The number of hydrogen-bond donors (Lipinski definition) is 0. The highest BCUT2D eigenvalue weighted by Gasteiger charge is 2.36. The predicted octanol–water partition coefficient (Wildman–Crippen LogP) is 4.28. The predicted molar refractivity (Wildman–Crippen MR) is 70.9 cm³/mol. The summed E-state index contributed by atoms with van der Waals surface area (Å²) in [4.78, 5) is 0. The molecule has 0 atom stereocenters. The van der Waals surface area contributed by atoms with E-state index >= 15 is 0 Å². The van der Waals surface area contributed by atoms with E-state index in [1.165, 1.54) is 42.4 Å². The summed E-state index contributed by atoms with van der Waals surface area (Å²) >= 11 is 0. The molecule has 0 heterocycles. The summed E-state index contributed by atoms with van der Waals surface area (Å²) in [6.07, 6.45) is 6.70. The fraction of sp³-hybridized carbons (Fsp3) is 0.562. The van der Waals surface area contributed by atoms with Crippen LogP contribution in [0, 0.1) is 18.3 Å². The first-order valence-corrected chi connectivity index (χ1v) is 6.69. The topological polar surface area (TPSA) is 23.8 Å². The lowest BCUT2D eigenvalue weighted by Gasteiger charge is -2.29. The first kappa shape index (κ1) is 12.2. The minimum absolute atomic E-state index is 0.157. The fourth-order valence-electron chi connectivity index (χ4n) is 3.39. The van der Waals surface area contributed by atoms with Gasteiger partial charge in [0.05, 0.1) is 6.07 Å². The molecule has 0 aromatic heterocycles. The molecular weight excluding hydrogens is 206 g/mol. The number of nitriles is 1. The van der Waals surface area contributed by atoms with Gasteiger partial charge in [-0.25, -0.2) is 0 Å². The minimum atomic E-state index is 0.157. The van der Waals surface area contributed by atoms with Gasteiger partial charge in [-0.05, 0) is 42.9 Å². The Morgan fingerprint density at radius 2 is 2.00 bits per heavy atom. The fourth-order valence-corrected chi connectivity index (χ4v) is 3.39. The molecule has 0 unspecified atom stereocenters. The van der Waals surface area contributed by atoms with E-state index < -0.39 is 0 Å². The molecule has 0 amide bonds. The Hall–Kier alpha value is -1.29. The highest BCUT2D eigenvalue weighted by Crippen LogP contribution is 2.45. The molecule has 1 fully saturated rings. The van der Waals surface area contributed by atoms with Crippen molar-refractivity contribution in [3.63, 3.8) is 0 Å². The summed E-state index contributed by atoms with van der Waals surface area (Å²) in [5, 5.41) is 9.12. The number of aryl methyl sites for hydroxylation is 1. The zero-order valence-corrected chi connectivity index (χ0v) is 10.9. The van der Waals surface area contributed by atoms with Crippen LogP contribution in [0.1, 0.15) is 55.7 Å². The summed E-state index contributed by atoms with van der Waals surface area (Å²) in [6, 6.07) is 9.04. The van der Waals surface area contributed by atoms with Crippen LogP contribution in [0.25, 0.3) is 0 Å². The Bertz CT molecular complexity index is 433. The standard InChI is InChI=1S/C16H21N/c1-3-14-7-6-8-15(13(14)2)16(11-12-17)9-4-5-10-16/h6-8H,3-5,9-11H2,1-2H3. The van der Waals surface area contributed by atoms with Gasteiger partial charge in [0, 0.05) is 11.8 Å². The van der Waals surface area contributed by atoms with Crippen LogP contribution in [-0.4, -0.2) is 0 Å². The molecule has 0 aliphatic heterocycles. The molecule has 0 radical (unpaired) electrons. The molecule has 1 heteroatoms. The van der Waals surface area contributed by atoms with E-state index in [9.17, 15) is 0 Å². The van der Waals surface area contributed by atoms with Gasteiger partial charge in [-0.15, -0.1) is 0 Å². The van der Waals surface area contributed by atoms with E-state index in [2.05, 4.69) is 38.1 Å². The average molecular weight is 227 g/mol. The van der Waals surface area contributed by atoms with Crippen molar-refractivity contribution in [3.05, 3.63) is 34.9 Å². The van der Waals surface area contributed by atoms with E-state index in [1.54, 1.807) is 0 Å². The third kappa shape index (κ3) is 2.09. The Morgan fingerprint density at radius 1 is 1.29 bits per heavy atom. The molecule has 1 aromatic carbocycles. The average Bonchev–Trinajstić information content (AvgIpc) is 2.79. The van der Waals surface area contributed by atoms with Crippen LogP contribution in [0.4, 0.5) is 0 Å². The van der Waals surface area contributed by atoms with Gasteiger partial charge >= 0.3 is 0 Å². The molecule has 1 aliphatic carbocycles. The quantitative estimate of drug-likeness (QED) is 0.756. The summed E-state index contributed by atoms with van der Waals surface area (Å²) in [6.45, 7) is 4.43. The molecule has 17 heavy (non-hydrogen) atoms. The third-order valence-corrected chi connectivity index (χ3v) is 4.38. The van der Waals surface area contributed by atoms with E-state index in [0.717, 1.165) is 6.42 Å². The lowest BCUT2D eigenvalue weighted by molar-refractivity contribution is 0.448. The van der Waals surface area contributed by atoms with Gasteiger partial charge in [-0.3, -0.25) is 0 Å². The van der Waals surface area contributed by atoms with Crippen molar-refractivity contribution in [2.24, 2.45) is 0 Å². The van der Waals surface area contributed by atoms with Gasteiger partial charge in [-0.2, -0.15) is 5.26 Å². The first-order valence-electron chi connectivity index (χ1n) is 6.69. The monoisotopic (exact) mass is 227 g/mol. The molecular formula is C16H21N. The summed E-state index contributed by atoms with van der Waals surface area (Å²) in [5.41, 5.74) is 4.46. The van der Waals surface area contributed by atoms with E-state index in [0.29, 0.717) is 6.42 Å². The normalized spacial score (nSPS) is 17.9. The zero-order chi connectivity index (χ0) is 12.3. The van der Waals surface area contributed by atoms with Crippen LogP contribution in [0.2, 0.25) is 0 Å². The molecule has 1 aliphatic rings. The van der Waals surface area contributed by atoms with Crippen molar-refractivity contribution in [2.75, 3.05) is 0 Å². The Labute approximate surface area is 104 Å². The second kappa shape index (κ2) is 4.92. The van der Waals surface area contributed by atoms with E-state index in [4.69, 9.17) is 5.26 Å². The van der Waals surface area contributed by atoms with Crippen molar-refractivity contribution >= 4 is 0 Å². The molecule has 90 valence electrons. The van der Waals surface area contributed by atoms with Crippen LogP contribution >= 0.6 is 0 Å². The van der Waals surface area contributed by atoms with Crippen LogP contribution in [0.5, 0.6) is 0 Å².